The van der Waals surface area contributed by atoms with Crippen molar-refractivity contribution in [2.45, 2.75) is 32.2 Å². The number of hydrogen-bond acceptors (Lipinski definition) is 5. The monoisotopic (exact) mass is 290 g/mol. The zero-order valence-corrected chi connectivity index (χ0v) is 11.6. The molecular formula is C14H15FN4O2. The van der Waals surface area contributed by atoms with Gasteiger partial charge in [0.05, 0.1) is 25.0 Å². The Morgan fingerprint density at radius 1 is 1.48 bits per heavy atom. The number of ether oxygens (including phenoxy) is 1. The van der Waals surface area contributed by atoms with Crippen LogP contribution in [0, 0.1) is 5.82 Å². The maximum Gasteiger partial charge on any atom is 0.360 e. The predicted molar refractivity (Wildman–Crippen MR) is 71.3 cm³/mol. The molecule has 6 nitrogen and oxygen atoms in total. The highest BCUT2D eigenvalue weighted by molar-refractivity contribution is 5.88. The van der Waals surface area contributed by atoms with Crippen LogP contribution in [0.2, 0.25) is 0 Å². The average Bonchev–Trinajstić information content (AvgIpc) is 3.20. The Morgan fingerprint density at radius 3 is 2.95 bits per heavy atom. The number of hydrogen-bond donors (Lipinski definition) is 0. The lowest BCUT2D eigenvalue weighted by molar-refractivity contribution is 0.0518. The number of aromatic nitrogens is 4. The molecule has 0 amide bonds. The highest BCUT2D eigenvalue weighted by atomic mass is 19.1. The number of pyridine rings is 1. The van der Waals surface area contributed by atoms with Crippen molar-refractivity contribution in [3.05, 3.63) is 41.2 Å². The summed E-state index contributed by atoms with van der Waals surface area (Å²) >= 11 is 0. The van der Waals surface area contributed by atoms with Gasteiger partial charge < -0.3 is 4.74 Å². The zero-order valence-electron chi connectivity index (χ0n) is 11.6. The van der Waals surface area contributed by atoms with Crippen LogP contribution in [-0.4, -0.2) is 32.6 Å². The molecule has 0 aromatic carbocycles. The minimum atomic E-state index is -0.456. The van der Waals surface area contributed by atoms with E-state index in [0.29, 0.717) is 18.7 Å². The second kappa shape index (κ2) is 5.59. The molecule has 1 aliphatic rings. The molecule has 2 aromatic heterocycles. The number of rotatable bonds is 5. The molecule has 0 atom stereocenters. The number of carbonyl (C=O) groups is 1. The zero-order chi connectivity index (χ0) is 14.8. The molecule has 2 heterocycles. The van der Waals surface area contributed by atoms with Crippen LogP contribution in [-0.2, 0) is 11.3 Å². The van der Waals surface area contributed by atoms with Gasteiger partial charge in [-0.3, -0.25) is 4.98 Å². The van der Waals surface area contributed by atoms with Crippen molar-refractivity contribution in [1.29, 1.82) is 0 Å². The average molecular weight is 290 g/mol. The highest BCUT2D eigenvalue weighted by Crippen LogP contribution is 2.41. The van der Waals surface area contributed by atoms with Crippen molar-refractivity contribution in [1.82, 2.24) is 20.0 Å². The van der Waals surface area contributed by atoms with Crippen molar-refractivity contribution in [3.63, 3.8) is 0 Å². The summed E-state index contributed by atoms with van der Waals surface area (Å²) in [5.41, 5.74) is 1.72. The molecule has 0 radical (unpaired) electrons. The summed E-state index contributed by atoms with van der Waals surface area (Å²) in [5, 5.41) is 7.96. The number of esters is 1. The normalized spacial score (nSPS) is 14.2. The third kappa shape index (κ3) is 2.91. The molecule has 1 fully saturated rings. The van der Waals surface area contributed by atoms with Crippen LogP contribution in [0.25, 0.3) is 0 Å². The Bertz CT molecular complexity index is 667. The molecule has 0 aliphatic heterocycles. The summed E-state index contributed by atoms with van der Waals surface area (Å²) in [7, 11) is 0. The smallest absolute Gasteiger partial charge is 0.360 e. The van der Waals surface area contributed by atoms with E-state index in [0.717, 1.165) is 24.7 Å². The summed E-state index contributed by atoms with van der Waals surface area (Å²) < 4.78 is 19.8. The van der Waals surface area contributed by atoms with Crippen molar-refractivity contribution in [3.8, 4) is 0 Å². The van der Waals surface area contributed by atoms with Crippen LogP contribution in [0.3, 0.4) is 0 Å². The van der Waals surface area contributed by atoms with Gasteiger partial charge in [-0.05, 0) is 31.4 Å². The van der Waals surface area contributed by atoms with E-state index in [1.807, 2.05) is 0 Å². The first kappa shape index (κ1) is 13.7. The van der Waals surface area contributed by atoms with Crippen LogP contribution in [0.15, 0.2) is 18.5 Å². The van der Waals surface area contributed by atoms with E-state index in [1.54, 1.807) is 17.8 Å². The van der Waals surface area contributed by atoms with Gasteiger partial charge in [-0.1, -0.05) is 5.21 Å². The van der Waals surface area contributed by atoms with Gasteiger partial charge in [0.25, 0.3) is 0 Å². The molecule has 0 spiro atoms. The minimum absolute atomic E-state index is 0.267. The van der Waals surface area contributed by atoms with E-state index in [9.17, 15) is 9.18 Å². The van der Waals surface area contributed by atoms with Gasteiger partial charge in [0.1, 0.15) is 5.82 Å². The van der Waals surface area contributed by atoms with Gasteiger partial charge in [-0.2, -0.15) is 0 Å². The highest BCUT2D eigenvalue weighted by Gasteiger charge is 2.34. The van der Waals surface area contributed by atoms with E-state index in [1.165, 1.54) is 6.07 Å². The van der Waals surface area contributed by atoms with Crippen LogP contribution in [0.1, 0.15) is 47.4 Å². The molecule has 1 saturated carbocycles. The molecule has 7 heteroatoms. The first-order valence-corrected chi connectivity index (χ1v) is 6.89. The Morgan fingerprint density at radius 2 is 2.29 bits per heavy atom. The van der Waals surface area contributed by atoms with Gasteiger partial charge in [0.15, 0.2) is 5.69 Å². The molecule has 110 valence electrons. The summed E-state index contributed by atoms with van der Waals surface area (Å²) in [6, 6.07) is 1.40. The fraction of sp³-hybridized carbons (Fsp3) is 0.429. The van der Waals surface area contributed by atoms with Crippen molar-refractivity contribution in [2.75, 3.05) is 6.61 Å². The molecule has 1 aliphatic carbocycles. The molecule has 0 unspecified atom stereocenters. The van der Waals surface area contributed by atoms with Gasteiger partial charge in [-0.15, -0.1) is 5.10 Å². The first-order chi connectivity index (χ1) is 10.2. The van der Waals surface area contributed by atoms with Crippen LogP contribution < -0.4 is 0 Å². The van der Waals surface area contributed by atoms with E-state index >= 15 is 0 Å². The van der Waals surface area contributed by atoms with Crippen LogP contribution in [0.5, 0.6) is 0 Å². The summed E-state index contributed by atoms with van der Waals surface area (Å²) in [5.74, 6) is -0.574. The largest absolute Gasteiger partial charge is 0.461 e. The van der Waals surface area contributed by atoms with E-state index < -0.39 is 11.8 Å². The molecule has 2 aromatic rings. The van der Waals surface area contributed by atoms with E-state index in [2.05, 4.69) is 15.3 Å². The standard InChI is InChI=1S/C14H15FN4O2/c1-2-21-14(20)12-13(10-3-4-10)19(18-17-12)8-9-5-11(15)7-16-6-9/h5-7,10H,2-4,8H2,1H3. The summed E-state index contributed by atoms with van der Waals surface area (Å²) in [4.78, 5) is 15.7. The fourth-order valence-corrected chi connectivity index (χ4v) is 2.26. The Balaban J connectivity index is 1.90. The summed E-state index contributed by atoms with van der Waals surface area (Å²) in [6.07, 6.45) is 4.73. The summed E-state index contributed by atoms with van der Waals surface area (Å²) in [6.45, 7) is 2.38. The molecule has 0 bridgehead atoms. The SMILES string of the molecule is CCOC(=O)c1nnn(Cc2cncc(F)c2)c1C1CC1. The maximum atomic E-state index is 13.2. The Kier molecular flexibility index (Phi) is 3.64. The molecule has 0 N–H and O–H groups in total. The number of halogens is 1. The van der Waals surface area contributed by atoms with Gasteiger partial charge in [-0.25, -0.2) is 13.9 Å². The maximum absolute atomic E-state index is 13.2. The quantitative estimate of drug-likeness (QED) is 0.787. The predicted octanol–water partition coefficient (Wildman–Crippen LogP) is 1.91. The van der Waals surface area contributed by atoms with Gasteiger partial charge in [0, 0.05) is 12.1 Å². The van der Waals surface area contributed by atoms with Gasteiger partial charge in [0.2, 0.25) is 0 Å². The lowest BCUT2D eigenvalue weighted by Gasteiger charge is -2.07. The van der Waals surface area contributed by atoms with E-state index in [-0.39, 0.29) is 11.6 Å². The van der Waals surface area contributed by atoms with Crippen LogP contribution >= 0.6 is 0 Å². The van der Waals surface area contributed by atoms with Crippen molar-refractivity contribution >= 4 is 5.97 Å². The third-order valence-corrected chi connectivity index (χ3v) is 3.30. The number of nitrogens with zero attached hydrogens (tertiary/aromatic N) is 4. The second-order valence-electron chi connectivity index (χ2n) is 4.99. The molecule has 3 rings (SSSR count). The van der Waals surface area contributed by atoms with Crippen LogP contribution in [0.4, 0.5) is 4.39 Å². The Hall–Kier alpha value is -2.31. The third-order valence-electron chi connectivity index (χ3n) is 3.30. The minimum Gasteiger partial charge on any atom is -0.461 e. The van der Waals surface area contributed by atoms with Crippen molar-refractivity contribution in [2.24, 2.45) is 0 Å². The lowest BCUT2D eigenvalue weighted by atomic mass is 10.2. The lowest BCUT2D eigenvalue weighted by Crippen LogP contribution is -2.11. The van der Waals surface area contributed by atoms with E-state index in [4.69, 9.17) is 4.74 Å². The number of carbonyl (C=O) groups excluding carboxylic acids is 1. The fourth-order valence-electron chi connectivity index (χ4n) is 2.26. The molecular weight excluding hydrogens is 275 g/mol. The molecule has 0 saturated heterocycles. The molecule has 21 heavy (non-hydrogen) atoms. The topological polar surface area (TPSA) is 69.9 Å². The first-order valence-electron chi connectivity index (χ1n) is 6.89. The van der Waals surface area contributed by atoms with Gasteiger partial charge >= 0.3 is 5.97 Å². The van der Waals surface area contributed by atoms with Crippen molar-refractivity contribution < 1.29 is 13.9 Å². The Labute approximate surface area is 120 Å². The second-order valence-corrected chi connectivity index (χ2v) is 4.99.